The molecule has 1 fully saturated rings. The molecule has 0 aromatic carbocycles. The standard InChI is InChI=1S/C15H23NO5/c1-6-20-11(17)10-7-15(13(18)19-5)9-21-12(14(2,3)4)16(15)8-10/h8,12H,6-7,9H2,1-5H3/t12-,15+/m0/s1. The number of carbonyl (C=O) groups is 2. The van der Waals surface area contributed by atoms with Crippen molar-refractivity contribution in [1.82, 2.24) is 4.90 Å². The maximum Gasteiger partial charge on any atom is 0.335 e. The SMILES string of the molecule is CCOC(=O)C1=CN2[C@H](C(C)(C)C)OC[C@@]2(C(=O)OC)C1. The predicted octanol–water partition coefficient (Wildman–Crippen LogP) is 1.45. The Morgan fingerprint density at radius 2 is 2.14 bits per heavy atom. The van der Waals surface area contributed by atoms with Crippen molar-refractivity contribution in [2.75, 3.05) is 20.3 Å². The highest BCUT2D eigenvalue weighted by atomic mass is 16.6. The van der Waals surface area contributed by atoms with Crippen molar-refractivity contribution in [3.63, 3.8) is 0 Å². The minimum absolute atomic E-state index is 0.198. The fourth-order valence-corrected chi connectivity index (χ4v) is 2.90. The number of hydrogen-bond acceptors (Lipinski definition) is 6. The van der Waals surface area contributed by atoms with E-state index in [2.05, 4.69) is 0 Å². The van der Waals surface area contributed by atoms with Crippen LogP contribution in [0.4, 0.5) is 0 Å². The summed E-state index contributed by atoms with van der Waals surface area (Å²) in [7, 11) is 1.35. The molecule has 0 spiro atoms. The molecule has 21 heavy (non-hydrogen) atoms. The van der Waals surface area contributed by atoms with Crippen LogP contribution in [-0.2, 0) is 23.8 Å². The fourth-order valence-electron chi connectivity index (χ4n) is 2.90. The van der Waals surface area contributed by atoms with Crippen LogP contribution in [-0.4, -0.2) is 48.9 Å². The number of ether oxygens (including phenoxy) is 3. The lowest BCUT2D eigenvalue weighted by Crippen LogP contribution is -2.52. The van der Waals surface area contributed by atoms with E-state index in [9.17, 15) is 9.59 Å². The Morgan fingerprint density at radius 3 is 2.67 bits per heavy atom. The van der Waals surface area contributed by atoms with Gasteiger partial charge in [0.05, 0.1) is 25.9 Å². The summed E-state index contributed by atoms with van der Waals surface area (Å²) >= 11 is 0. The van der Waals surface area contributed by atoms with E-state index in [1.54, 1.807) is 13.1 Å². The average molecular weight is 297 g/mol. The third-order valence-electron chi connectivity index (χ3n) is 3.85. The lowest BCUT2D eigenvalue weighted by atomic mass is 9.91. The molecule has 118 valence electrons. The molecule has 6 heteroatoms. The molecule has 0 N–H and O–H groups in total. The largest absolute Gasteiger partial charge is 0.467 e. The molecule has 0 radical (unpaired) electrons. The first-order chi connectivity index (χ1) is 9.76. The topological polar surface area (TPSA) is 65.1 Å². The van der Waals surface area contributed by atoms with E-state index in [1.807, 2.05) is 25.7 Å². The Morgan fingerprint density at radius 1 is 1.48 bits per heavy atom. The second-order valence-corrected chi connectivity index (χ2v) is 6.51. The zero-order valence-electron chi connectivity index (χ0n) is 13.3. The molecule has 0 saturated carbocycles. The molecule has 2 aliphatic heterocycles. The van der Waals surface area contributed by atoms with Crippen LogP contribution in [0.2, 0.25) is 0 Å². The van der Waals surface area contributed by atoms with E-state index >= 15 is 0 Å². The number of carbonyl (C=O) groups excluding carboxylic acids is 2. The monoisotopic (exact) mass is 297 g/mol. The van der Waals surface area contributed by atoms with Gasteiger partial charge in [-0.05, 0) is 6.92 Å². The van der Waals surface area contributed by atoms with E-state index in [0.717, 1.165) is 0 Å². The van der Waals surface area contributed by atoms with Gasteiger partial charge in [-0.3, -0.25) is 0 Å². The van der Waals surface area contributed by atoms with Crippen molar-refractivity contribution in [3.8, 4) is 0 Å². The molecule has 0 aromatic rings. The average Bonchev–Trinajstić information content (AvgIpc) is 2.92. The number of fused-ring (bicyclic) bond motifs is 1. The third kappa shape index (κ3) is 2.52. The quantitative estimate of drug-likeness (QED) is 0.735. The Labute approximate surface area is 125 Å². The fraction of sp³-hybridized carbons (Fsp3) is 0.733. The molecule has 2 aliphatic rings. The third-order valence-corrected chi connectivity index (χ3v) is 3.85. The molecular weight excluding hydrogens is 274 g/mol. The van der Waals surface area contributed by atoms with Crippen LogP contribution in [0.15, 0.2) is 11.8 Å². The number of methoxy groups -OCH3 is 1. The van der Waals surface area contributed by atoms with Crippen LogP contribution in [0, 0.1) is 5.41 Å². The zero-order chi connectivity index (χ0) is 15.8. The highest BCUT2D eigenvalue weighted by molar-refractivity contribution is 5.93. The Kier molecular flexibility index (Phi) is 4.02. The normalized spacial score (nSPS) is 28.1. The minimum Gasteiger partial charge on any atom is -0.467 e. The number of hydrogen-bond donors (Lipinski definition) is 0. The molecule has 2 rings (SSSR count). The van der Waals surface area contributed by atoms with Crippen molar-refractivity contribution < 1.29 is 23.8 Å². The molecule has 0 aromatic heterocycles. The summed E-state index contributed by atoms with van der Waals surface area (Å²) in [5.74, 6) is -0.771. The van der Waals surface area contributed by atoms with Crippen LogP contribution in [0.5, 0.6) is 0 Å². The summed E-state index contributed by atoms with van der Waals surface area (Å²) in [6.07, 6.45) is 1.66. The van der Waals surface area contributed by atoms with Gasteiger partial charge in [0.15, 0.2) is 5.54 Å². The summed E-state index contributed by atoms with van der Waals surface area (Å²) in [6, 6.07) is 0. The first kappa shape index (κ1) is 15.8. The van der Waals surface area contributed by atoms with Gasteiger partial charge in [0.2, 0.25) is 0 Å². The summed E-state index contributed by atoms with van der Waals surface area (Å²) in [6.45, 7) is 8.36. The summed E-state index contributed by atoms with van der Waals surface area (Å²) < 4.78 is 15.8. The van der Waals surface area contributed by atoms with E-state index in [1.165, 1.54) is 7.11 Å². The predicted molar refractivity (Wildman–Crippen MR) is 75.1 cm³/mol. The van der Waals surface area contributed by atoms with Crippen LogP contribution in [0.25, 0.3) is 0 Å². The highest BCUT2D eigenvalue weighted by Crippen LogP contribution is 2.45. The lowest BCUT2D eigenvalue weighted by molar-refractivity contribution is -0.151. The summed E-state index contributed by atoms with van der Waals surface area (Å²) in [4.78, 5) is 26.1. The van der Waals surface area contributed by atoms with Gasteiger partial charge < -0.3 is 19.1 Å². The molecule has 2 heterocycles. The Hall–Kier alpha value is -1.56. The van der Waals surface area contributed by atoms with Gasteiger partial charge in [-0.1, -0.05) is 20.8 Å². The van der Waals surface area contributed by atoms with Crippen molar-refractivity contribution in [3.05, 3.63) is 11.8 Å². The van der Waals surface area contributed by atoms with Gasteiger partial charge in [-0.15, -0.1) is 0 Å². The second kappa shape index (κ2) is 5.33. The lowest BCUT2D eigenvalue weighted by Gasteiger charge is -2.36. The Balaban J connectivity index is 2.35. The van der Waals surface area contributed by atoms with Crippen LogP contribution >= 0.6 is 0 Å². The van der Waals surface area contributed by atoms with Gasteiger partial charge in [0, 0.05) is 18.0 Å². The van der Waals surface area contributed by atoms with Crippen molar-refractivity contribution in [1.29, 1.82) is 0 Å². The van der Waals surface area contributed by atoms with Gasteiger partial charge in [-0.2, -0.15) is 0 Å². The van der Waals surface area contributed by atoms with Gasteiger partial charge in [0.1, 0.15) is 6.23 Å². The number of esters is 2. The van der Waals surface area contributed by atoms with E-state index in [0.29, 0.717) is 12.2 Å². The van der Waals surface area contributed by atoms with Crippen molar-refractivity contribution in [2.45, 2.75) is 45.9 Å². The van der Waals surface area contributed by atoms with Gasteiger partial charge >= 0.3 is 11.9 Å². The van der Waals surface area contributed by atoms with Gasteiger partial charge in [0.25, 0.3) is 0 Å². The van der Waals surface area contributed by atoms with Crippen LogP contribution in [0.3, 0.4) is 0 Å². The van der Waals surface area contributed by atoms with Crippen molar-refractivity contribution in [2.24, 2.45) is 5.41 Å². The molecule has 2 atom stereocenters. The minimum atomic E-state index is -0.950. The molecule has 6 nitrogen and oxygen atoms in total. The molecule has 0 amide bonds. The first-order valence-corrected chi connectivity index (χ1v) is 7.12. The molecule has 0 bridgehead atoms. The second-order valence-electron chi connectivity index (χ2n) is 6.51. The molecular formula is C15H23NO5. The van der Waals surface area contributed by atoms with E-state index in [4.69, 9.17) is 14.2 Å². The first-order valence-electron chi connectivity index (χ1n) is 7.12. The molecule has 0 unspecified atom stereocenters. The van der Waals surface area contributed by atoms with E-state index in [-0.39, 0.29) is 36.6 Å². The highest BCUT2D eigenvalue weighted by Gasteiger charge is 2.59. The van der Waals surface area contributed by atoms with E-state index < -0.39 is 5.54 Å². The van der Waals surface area contributed by atoms with Crippen molar-refractivity contribution >= 4 is 11.9 Å². The molecule has 0 aliphatic carbocycles. The smallest absolute Gasteiger partial charge is 0.335 e. The van der Waals surface area contributed by atoms with Crippen LogP contribution < -0.4 is 0 Å². The number of nitrogens with zero attached hydrogens (tertiary/aromatic N) is 1. The summed E-state index contributed by atoms with van der Waals surface area (Å²) in [5.41, 5.74) is -0.662. The molecule has 1 saturated heterocycles. The summed E-state index contributed by atoms with van der Waals surface area (Å²) in [5, 5.41) is 0. The maximum absolute atomic E-state index is 12.3. The van der Waals surface area contributed by atoms with Crippen LogP contribution in [0.1, 0.15) is 34.1 Å². The maximum atomic E-state index is 12.3. The Bertz CT molecular complexity index is 479. The zero-order valence-corrected chi connectivity index (χ0v) is 13.3. The van der Waals surface area contributed by atoms with Gasteiger partial charge in [-0.25, -0.2) is 9.59 Å². The number of rotatable bonds is 3.